The first-order valence-corrected chi connectivity index (χ1v) is 5.21. The molecule has 0 saturated carbocycles. The summed E-state index contributed by atoms with van der Waals surface area (Å²) < 4.78 is 5.22. The summed E-state index contributed by atoms with van der Waals surface area (Å²) >= 11 is 5.45. The Morgan fingerprint density at radius 3 is 2.75 bits per heavy atom. The number of ether oxygens (including phenoxy) is 1. The van der Waals surface area contributed by atoms with Gasteiger partial charge in [-0.25, -0.2) is 0 Å². The molecule has 0 aromatic heterocycles. The van der Waals surface area contributed by atoms with Crippen molar-refractivity contribution in [3.63, 3.8) is 0 Å². The molecule has 1 atom stereocenters. The van der Waals surface area contributed by atoms with Gasteiger partial charge in [-0.1, -0.05) is 13.3 Å². The highest BCUT2D eigenvalue weighted by Crippen LogP contribution is 1.93. The normalized spacial score (nSPS) is 13.2. The molecule has 74 valence electrons. The SMILES string of the molecule is CCCC(C)NCCOCCCl. The lowest BCUT2D eigenvalue weighted by Gasteiger charge is -2.11. The molecule has 0 saturated heterocycles. The maximum Gasteiger partial charge on any atom is 0.0602 e. The monoisotopic (exact) mass is 193 g/mol. The van der Waals surface area contributed by atoms with E-state index in [2.05, 4.69) is 19.2 Å². The average molecular weight is 194 g/mol. The number of halogens is 1. The minimum absolute atomic E-state index is 0.588. The summed E-state index contributed by atoms with van der Waals surface area (Å²) in [5.74, 6) is 0.588. The largest absolute Gasteiger partial charge is 0.379 e. The van der Waals surface area contributed by atoms with Crippen molar-refractivity contribution in [1.82, 2.24) is 5.32 Å². The zero-order valence-electron chi connectivity index (χ0n) is 8.11. The standard InChI is InChI=1S/C9H20ClNO/c1-3-4-9(2)11-6-8-12-7-5-10/h9,11H,3-8H2,1-2H3. The molecule has 0 radical (unpaired) electrons. The van der Waals surface area contributed by atoms with E-state index in [1.165, 1.54) is 12.8 Å². The lowest BCUT2D eigenvalue weighted by Crippen LogP contribution is -2.29. The van der Waals surface area contributed by atoms with Crippen molar-refractivity contribution in [2.45, 2.75) is 32.7 Å². The molecule has 0 aliphatic rings. The Morgan fingerprint density at radius 1 is 1.42 bits per heavy atom. The summed E-state index contributed by atoms with van der Waals surface area (Å²) in [6, 6.07) is 0.606. The van der Waals surface area contributed by atoms with Gasteiger partial charge in [0, 0.05) is 18.5 Å². The van der Waals surface area contributed by atoms with E-state index in [-0.39, 0.29) is 0 Å². The summed E-state index contributed by atoms with van der Waals surface area (Å²) in [7, 11) is 0. The van der Waals surface area contributed by atoms with Crippen molar-refractivity contribution in [3.8, 4) is 0 Å². The maximum absolute atomic E-state index is 5.45. The molecule has 12 heavy (non-hydrogen) atoms. The topological polar surface area (TPSA) is 21.3 Å². The molecule has 0 bridgehead atoms. The van der Waals surface area contributed by atoms with Crippen LogP contribution >= 0.6 is 11.6 Å². The molecule has 0 rings (SSSR count). The van der Waals surface area contributed by atoms with E-state index in [0.717, 1.165) is 13.2 Å². The van der Waals surface area contributed by atoms with Gasteiger partial charge in [0.15, 0.2) is 0 Å². The summed E-state index contributed by atoms with van der Waals surface area (Å²) in [6.45, 7) is 6.75. The van der Waals surface area contributed by atoms with Crippen LogP contribution in [0.4, 0.5) is 0 Å². The van der Waals surface area contributed by atoms with Crippen LogP contribution in [-0.4, -0.2) is 31.7 Å². The number of hydrogen-bond acceptors (Lipinski definition) is 2. The number of nitrogens with one attached hydrogen (secondary N) is 1. The first kappa shape index (κ1) is 12.2. The predicted octanol–water partition coefficient (Wildman–Crippen LogP) is 2.02. The lowest BCUT2D eigenvalue weighted by molar-refractivity contribution is 0.148. The van der Waals surface area contributed by atoms with E-state index in [1.807, 2.05) is 0 Å². The van der Waals surface area contributed by atoms with Crippen LogP contribution in [0.3, 0.4) is 0 Å². The fourth-order valence-corrected chi connectivity index (χ4v) is 1.18. The number of alkyl halides is 1. The first-order chi connectivity index (χ1) is 5.81. The Morgan fingerprint density at radius 2 is 2.17 bits per heavy atom. The van der Waals surface area contributed by atoms with Gasteiger partial charge in [0.05, 0.1) is 13.2 Å². The first-order valence-electron chi connectivity index (χ1n) is 4.68. The summed E-state index contributed by atoms with van der Waals surface area (Å²) in [4.78, 5) is 0. The second-order valence-corrected chi connectivity index (χ2v) is 3.32. The second-order valence-electron chi connectivity index (χ2n) is 2.95. The molecular weight excluding hydrogens is 174 g/mol. The average Bonchev–Trinajstić information content (AvgIpc) is 2.05. The van der Waals surface area contributed by atoms with Crippen LogP contribution in [-0.2, 0) is 4.74 Å². The van der Waals surface area contributed by atoms with E-state index in [1.54, 1.807) is 0 Å². The molecule has 1 N–H and O–H groups in total. The fourth-order valence-electron chi connectivity index (χ4n) is 1.07. The van der Waals surface area contributed by atoms with E-state index in [9.17, 15) is 0 Å². The highest BCUT2D eigenvalue weighted by atomic mass is 35.5. The minimum atomic E-state index is 0.588. The highest BCUT2D eigenvalue weighted by molar-refractivity contribution is 6.17. The third-order valence-electron chi connectivity index (χ3n) is 1.68. The molecule has 0 fully saturated rings. The summed E-state index contributed by atoms with van der Waals surface area (Å²) in [5.41, 5.74) is 0. The third kappa shape index (κ3) is 8.31. The van der Waals surface area contributed by atoms with Gasteiger partial charge in [0.25, 0.3) is 0 Å². The van der Waals surface area contributed by atoms with Crippen molar-refractivity contribution >= 4 is 11.6 Å². The van der Waals surface area contributed by atoms with Crippen LogP contribution in [0.25, 0.3) is 0 Å². The lowest BCUT2D eigenvalue weighted by atomic mass is 10.2. The predicted molar refractivity (Wildman–Crippen MR) is 53.9 cm³/mol. The van der Waals surface area contributed by atoms with Gasteiger partial charge in [-0.15, -0.1) is 11.6 Å². The highest BCUT2D eigenvalue weighted by Gasteiger charge is 1.97. The number of rotatable bonds is 8. The molecule has 2 nitrogen and oxygen atoms in total. The molecular formula is C9H20ClNO. The minimum Gasteiger partial charge on any atom is -0.379 e. The van der Waals surface area contributed by atoms with E-state index >= 15 is 0 Å². The molecule has 0 amide bonds. The molecule has 0 aromatic carbocycles. The Bertz CT molecular complexity index is 90.6. The second kappa shape index (κ2) is 9.30. The van der Waals surface area contributed by atoms with E-state index < -0.39 is 0 Å². The fraction of sp³-hybridized carbons (Fsp3) is 1.00. The molecule has 0 aliphatic carbocycles. The summed E-state index contributed by atoms with van der Waals surface area (Å²) in [6.07, 6.45) is 2.46. The van der Waals surface area contributed by atoms with Gasteiger partial charge in [0.2, 0.25) is 0 Å². The van der Waals surface area contributed by atoms with Gasteiger partial charge in [-0.2, -0.15) is 0 Å². The Balaban J connectivity index is 2.97. The van der Waals surface area contributed by atoms with E-state index in [0.29, 0.717) is 18.5 Å². The molecule has 1 unspecified atom stereocenters. The van der Waals surface area contributed by atoms with Gasteiger partial charge in [-0.05, 0) is 13.3 Å². The maximum atomic E-state index is 5.45. The van der Waals surface area contributed by atoms with Crippen LogP contribution in [0.15, 0.2) is 0 Å². The molecule has 0 spiro atoms. The Labute approximate surface area is 80.6 Å². The zero-order chi connectivity index (χ0) is 9.23. The van der Waals surface area contributed by atoms with Crippen molar-refractivity contribution in [3.05, 3.63) is 0 Å². The van der Waals surface area contributed by atoms with Crippen molar-refractivity contribution in [1.29, 1.82) is 0 Å². The van der Waals surface area contributed by atoms with Crippen molar-refractivity contribution in [2.75, 3.05) is 25.6 Å². The molecule has 0 aromatic rings. The van der Waals surface area contributed by atoms with Crippen LogP contribution < -0.4 is 5.32 Å². The Hall–Kier alpha value is 0.210. The van der Waals surface area contributed by atoms with Crippen molar-refractivity contribution in [2.24, 2.45) is 0 Å². The molecule has 0 aliphatic heterocycles. The zero-order valence-corrected chi connectivity index (χ0v) is 8.86. The molecule has 0 heterocycles. The van der Waals surface area contributed by atoms with Crippen LogP contribution in [0.2, 0.25) is 0 Å². The third-order valence-corrected chi connectivity index (χ3v) is 1.84. The van der Waals surface area contributed by atoms with Crippen LogP contribution in [0, 0.1) is 0 Å². The Kier molecular flexibility index (Phi) is 9.46. The summed E-state index contributed by atoms with van der Waals surface area (Å²) in [5, 5.41) is 3.37. The van der Waals surface area contributed by atoms with Gasteiger partial charge in [-0.3, -0.25) is 0 Å². The van der Waals surface area contributed by atoms with Crippen LogP contribution in [0.5, 0.6) is 0 Å². The van der Waals surface area contributed by atoms with Crippen molar-refractivity contribution < 1.29 is 4.74 Å². The van der Waals surface area contributed by atoms with Gasteiger partial charge < -0.3 is 10.1 Å². The number of hydrogen-bond donors (Lipinski definition) is 1. The smallest absolute Gasteiger partial charge is 0.0602 e. The van der Waals surface area contributed by atoms with Gasteiger partial charge >= 0.3 is 0 Å². The molecule has 3 heteroatoms. The van der Waals surface area contributed by atoms with E-state index in [4.69, 9.17) is 16.3 Å². The quantitative estimate of drug-likeness (QED) is 0.471. The van der Waals surface area contributed by atoms with Crippen LogP contribution in [0.1, 0.15) is 26.7 Å². The van der Waals surface area contributed by atoms with Gasteiger partial charge in [0.1, 0.15) is 0 Å².